The lowest BCUT2D eigenvalue weighted by Gasteiger charge is -2.18. The quantitative estimate of drug-likeness (QED) is 0.849. The zero-order valence-corrected chi connectivity index (χ0v) is 15.7. The van der Waals surface area contributed by atoms with Gasteiger partial charge in [-0.25, -0.2) is 0 Å². The molecule has 2 aromatic carbocycles. The van der Waals surface area contributed by atoms with Gasteiger partial charge in [0.2, 0.25) is 11.8 Å². The van der Waals surface area contributed by atoms with Crippen LogP contribution in [0.15, 0.2) is 42.5 Å². The van der Waals surface area contributed by atoms with Crippen molar-refractivity contribution in [3.63, 3.8) is 0 Å². The van der Waals surface area contributed by atoms with Crippen molar-refractivity contribution in [3.8, 4) is 5.75 Å². The van der Waals surface area contributed by atoms with E-state index in [2.05, 4.69) is 5.32 Å². The van der Waals surface area contributed by atoms with Gasteiger partial charge in [0.15, 0.2) is 0 Å². The maximum absolute atomic E-state index is 12.8. The molecule has 0 radical (unpaired) electrons. The van der Waals surface area contributed by atoms with Crippen LogP contribution in [0, 0.1) is 19.8 Å². The lowest BCUT2D eigenvalue weighted by Crippen LogP contribution is -2.41. The fraction of sp³-hybridized carbons (Fsp3) is 0.364. The summed E-state index contributed by atoms with van der Waals surface area (Å²) < 4.78 is 5.85. The van der Waals surface area contributed by atoms with Crippen LogP contribution in [0.5, 0.6) is 5.75 Å². The molecule has 4 rings (SSSR count). The predicted octanol–water partition coefficient (Wildman–Crippen LogP) is 2.78. The van der Waals surface area contributed by atoms with Crippen molar-refractivity contribution in [1.29, 1.82) is 0 Å². The third-order valence-corrected chi connectivity index (χ3v) is 5.54. The number of nitrogens with one attached hydrogen (secondary N) is 1. The number of carbonyl (C=O) groups excluding carboxylic acids is 2. The van der Waals surface area contributed by atoms with Crippen LogP contribution >= 0.6 is 0 Å². The maximum atomic E-state index is 12.8. The number of carbonyl (C=O) groups is 2. The molecule has 2 heterocycles. The van der Waals surface area contributed by atoms with Crippen molar-refractivity contribution >= 4 is 17.5 Å². The summed E-state index contributed by atoms with van der Waals surface area (Å²) in [4.78, 5) is 27.0. The van der Waals surface area contributed by atoms with Gasteiger partial charge >= 0.3 is 0 Å². The molecule has 2 unspecified atom stereocenters. The number of benzene rings is 2. The molecule has 5 nitrogen and oxygen atoms in total. The van der Waals surface area contributed by atoms with Gasteiger partial charge in [-0.15, -0.1) is 0 Å². The Morgan fingerprint density at radius 2 is 2.00 bits per heavy atom. The Kier molecular flexibility index (Phi) is 4.60. The number of para-hydroxylation sites is 1. The fourth-order valence-corrected chi connectivity index (χ4v) is 3.78. The first kappa shape index (κ1) is 17.6. The van der Waals surface area contributed by atoms with Crippen LogP contribution in [-0.4, -0.2) is 31.0 Å². The number of rotatable bonds is 4. The van der Waals surface area contributed by atoms with Crippen LogP contribution in [0.1, 0.15) is 23.1 Å². The van der Waals surface area contributed by atoms with E-state index in [0.29, 0.717) is 19.5 Å². The smallest absolute Gasteiger partial charge is 0.239 e. The Morgan fingerprint density at radius 3 is 2.78 bits per heavy atom. The molecule has 2 aliphatic heterocycles. The summed E-state index contributed by atoms with van der Waals surface area (Å²) in [7, 11) is 0. The first-order chi connectivity index (χ1) is 13.0. The van der Waals surface area contributed by atoms with Gasteiger partial charge in [0.1, 0.15) is 17.8 Å². The fourth-order valence-electron chi connectivity index (χ4n) is 3.78. The molecule has 5 heteroatoms. The molecule has 2 atom stereocenters. The van der Waals surface area contributed by atoms with E-state index in [-0.39, 0.29) is 17.9 Å². The van der Waals surface area contributed by atoms with Crippen molar-refractivity contribution in [1.82, 2.24) is 5.32 Å². The summed E-state index contributed by atoms with van der Waals surface area (Å²) in [5.41, 5.74) is 4.37. The van der Waals surface area contributed by atoms with E-state index in [4.69, 9.17) is 4.74 Å². The van der Waals surface area contributed by atoms with Crippen molar-refractivity contribution in [2.45, 2.75) is 32.8 Å². The Bertz CT molecular complexity index is 868. The molecule has 0 aliphatic carbocycles. The number of nitrogens with zero attached hydrogens (tertiary/aromatic N) is 1. The van der Waals surface area contributed by atoms with E-state index >= 15 is 0 Å². The standard InChI is InChI=1S/C22H24N2O3/c1-14-7-8-17(11-15(14)2)24-10-9-19(22(24)26)21(25)23-13-18-12-16-5-3-4-6-20(16)27-18/h3-8,11,18-19H,9-10,12-13H2,1-2H3,(H,23,25). The molecular formula is C22H24N2O3. The Labute approximate surface area is 159 Å². The van der Waals surface area contributed by atoms with Gasteiger partial charge in [-0.1, -0.05) is 24.3 Å². The topological polar surface area (TPSA) is 58.6 Å². The molecule has 0 bridgehead atoms. The number of fused-ring (bicyclic) bond motifs is 1. The summed E-state index contributed by atoms with van der Waals surface area (Å²) in [6.45, 7) is 5.07. The van der Waals surface area contributed by atoms with Crippen molar-refractivity contribution in [2.24, 2.45) is 5.92 Å². The van der Waals surface area contributed by atoms with Gasteiger partial charge in [0.05, 0.1) is 6.54 Å². The van der Waals surface area contributed by atoms with Gasteiger partial charge in [0, 0.05) is 18.7 Å². The van der Waals surface area contributed by atoms with E-state index in [0.717, 1.165) is 29.0 Å². The summed E-state index contributed by atoms with van der Waals surface area (Å²) in [6, 6.07) is 13.9. The highest BCUT2D eigenvalue weighted by Crippen LogP contribution is 2.29. The molecule has 0 aromatic heterocycles. The molecule has 0 spiro atoms. The normalized spacial score (nSPS) is 21.1. The molecule has 2 aromatic rings. The van der Waals surface area contributed by atoms with Crippen LogP contribution in [0.25, 0.3) is 0 Å². The Balaban J connectivity index is 1.35. The van der Waals surface area contributed by atoms with Crippen LogP contribution in [0.2, 0.25) is 0 Å². The van der Waals surface area contributed by atoms with E-state index in [1.807, 2.05) is 56.3 Å². The number of ether oxygens (including phenoxy) is 1. The summed E-state index contributed by atoms with van der Waals surface area (Å²) in [5.74, 6) is -0.0535. The second-order valence-electron chi connectivity index (χ2n) is 7.40. The third kappa shape index (κ3) is 3.42. The molecular weight excluding hydrogens is 340 g/mol. The summed E-state index contributed by atoms with van der Waals surface area (Å²) >= 11 is 0. The monoisotopic (exact) mass is 364 g/mol. The Morgan fingerprint density at radius 1 is 1.19 bits per heavy atom. The SMILES string of the molecule is Cc1ccc(N2CCC(C(=O)NCC3Cc4ccccc4O3)C2=O)cc1C. The second-order valence-corrected chi connectivity index (χ2v) is 7.40. The first-order valence-electron chi connectivity index (χ1n) is 9.44. The van der Waals surface area contributed by atoms with Crippen molar-refractivity contribution in [2.75, 3.05) is 18.0 Å². The van der Waals surface area contributed by atoms with Crippen molar-refractivity contribution < 1.29 is 14.3 Å². The van der Waals surface area contributed by atoms with E-state index in [1.165, 1.54) is 5.56 Å². The highest BCUT2D eigenvalue weighted by molar-refractivity contribution is 6.09. The highest BCUT2D eigenvalue weighted by atomic mass is 16.5. The lowest BCUT2D eigenvalue weighted by molar-refractivity contribution is -0.132. The molecule has 0 saturated carbocycles. The van der Waals surface area contributed by atoms with Gasteiger partial charge < -0.3 is 15.0 Å². The molecule has 27 heavy (non-hydrogen) atoms. The maximum Gasteiger partial charge on any atom is 0.239 e. The largest absolute Gasteiger partial charge is 0.488 e. The predicted molar refractivity (Wildman–Crippen MR) is 104 cm³/mol. The molecule has 1 saturated heterocycles. The number of amides is 2. The minimum absolute atomic E-state index is 0.0706. The van der Waals surface area contributed by atoms with Gasteiger partial charge in [0.25, 0.3) is 0 Å². The minimum Gasteiger partial charge on any atom is -0.488 e. The molecule has 1 fully saturated rings. The Hall–Kier alpha value is -2.82. The van der Waals surface area contributed by atoms with E-state index in [9.17, 15) is 9.59 Å². The number of anilines is 1. The minimum atomic E-state index is -0.615. The van der Waals surface area contributed by atoms with Crippen LogP contribution in [0.3, 0.4) is 0 Å². The first-order valence-corrected chi connectivity index (χ1v) is 9.44. The lowest BCUT2D eigenvalue weighted by atomic mass is 10.1. The zero-order valence-electron chi connectivity index (χ0n) is 15.7. The van der Waals surface area contributed by atoms with Gasteiger partial charge in [-0.2, -0.15) is 0 Å². The molecule has 1 N–H and O–H groups in total. The van der Waals surface area contributed by atoms with Crippen molar-refractivity contribution in [3.05, 3.63) is 59.2 Å². The zero-order chi connectivity index (χ0) is 19.0. The number of aryl methyl sites for hydroxylation is 2. The number of hydrogen-bond donors (Lipinski definition) is 1. The van der Waals surface area contributed by atoms with Crippen LogP contribution in [-0.2, 0) is 16.0 Å². The average molecular weight is 364 g/mol. The van der Waals surface area contributed by atoms with Gasteiger partial charge in [-0.05, 0) is 55.2 Å². The van der Waals surface area contributed by atoms with Gasteiger partial charge in [-0.3, -0.25) is 9.59 Å². The molecule has 2 aliphatic rings. The summed E-state index contributed by atoms with van der Waals surface area (Å²) in [5, 5.41) is 2.91. The molecule has 140 valence electrons. The number of hydrogen-bond acceptors (Lipinski definition) is 3. The average Bonchev–Trinajstić information content (AvgIpc) is 3.25. The highest BCUT2D eigenvalue weighted by Gasteiger charge is 2.38. The second kappa shape index (κ2) is 7.06. The summed E-state index contributed by atoms with van der Waals surface area (Å²) in [6.07, 6.45) is 1.26. The van der Waals surface area contributed by atoms with Crippen LogP contribution < -0.4 is 15.0 Å². The third-order valence-electron chi connectivity index (χ3n) is 5.54. The molecule has 2 amide bonds. The van der Waals surface area contributed by atoms with Crippen LogP contribution in [0.4, 0.5) is 5.69 Å². The van der Waals surface area contributed by atoms with E-state index in [1.54, 1.807) is 4.90 Å². The van der Waals surface area contributed by atoms with E-state index < -0.39 is 5.92 Å².